The SMILES string of the molecule is CC(=O)Nc1c2sc3cc(N(C)C)ccc3nc-2c2ccccc2c1=O. The second-order valence-electron chi connectivity index (χ2n) is 6.37. The van der Waals surface area contributed by atoms with Crippen molar-refractivity contribution in [3.8, 4) is 10.6 Å². The summed E-state index contributed by atoms with van der Waals surface area (Å²) in [6.45, 7) is 1.41. The highest BCUT2D eigenvalue weighted by Gasteiger charge is 2.21. The Kier molecular flexibility index (Phi) is 3.85. The zero-order chi connectivity index (χ0) is 18.4. The Morgan fingerprint density at radius 3 is 2.54 bits per heavy atom. The van der Waals surface area contributed by atoms with Crippen molar-refractivity contribution in [1.29, 1.82) is 0 Å². The number of benzene rings is 3. The minimum atomic E-state index is -0.270. The maximum absolute atomic E-state index is 12.9. The lowest BCUT2D eigenvalue weighted by atomic mass is 10.0. The second-order valence-corrected chi connectivity index (χ2v) is 7.42. The molecule has 4 rings (SSSR count). The van der Waals surface area contributed by atoms with Crippen LogP contribution >= 0.6 is 11.3 Å². The first-order chi connectivity index (χ1) is 12.5. The Morgan fingerprint density at radius 2 is 1.85 bits per heavy atom. The third-order valence-electron chi connectivity index (χ3n) is 4.30. The Bertz CT molecular complexity index is 1200. The number of nitrogens with zero attached hydrogens (tertiary/aromatic N) is 2. The third kappa shape index (κ3) is 2.59. The number of hydrogen-bond acceptors (Lipinski definition) is 5. The molecule has 5 nitrogen and oxygen atoms in total. The summed E-state index contributed by atoms with van der Waals surface area (Å²) in [7, 11) is 3.96. The second kappa shape index (κ2) is 6.07. The smallest absolute Gasteiger partial charge is 0.221 e. The van der Waals surface area contributed by atoms with Crippen molar-refractivity contribution in [3.05, 3.63) is 52.7 Å². The molecule has 130 valence electrons. The number of anilines is 2. The first-order valence-electron chi connectivity index (χ1n) is 8.20. The number of hydrogen-bond donors (Lipinski definition) is 1. The number of nitrogens with one attached hydrogen (secondary N) is 1. The van der Waals surface area contributed by atoms with Crippen LogP contribution in [0, 0.1) is 0 Å². The van der Waals surface area contributed by atoms with Gasteiger partial charge in [-0.2, -0.15) is 0 Å². The molecule has 1 amide bonds. The average Bonchev–Trinajstić information content (AvgIpc) is 2.63. The molecule has 0 bridgehead atoms. The molecular weight excluding hydrogens is 346 g/mol. The van der Waals surface area contributed by atoms with E-state index in [-0.39, 0.29) is 11.3 Å². The fourth-order valence-electron chi connectivity index (χ4n) is 3.05. The predicted octanol–water partition coefficient (Wildman–Crippen LogP) is 3.94. The maximum Gasteiger partial charge on any atom is 0.221 e. The molecule has 1 N–H and O–H groups in total. The van der Waals surface area contributed by atoms with E-state index < -0.39 is 0 Å². The van der Waals surface area contributed by atoms with Crippen LogP contribution in [-0.2, 0) is 4.79 Å². The quantitative estimate of drug-likeness (QED) is 0.433. The number of carbonyl (C=O) groups is 1. The minimum absolute atomic E-state index is 0.176. The predicted molar refractivity (Wildman–Crippen MR) is 109 cm³/mol. The molecule has 1 heterocycles. The van der Waals surface area contributed by atoms with Crippen LogP contribution in [0.25, 0.3) is 31.6 Å². The van der Waals surface area contributed by atoms with E-state index in [0.29, 0.717) is 16.0 Å². The summed E-state index contributed by atoms with van der Waals surface area (Å²) >= 11 is 1.48. The van der Waals surface area contributed by atoms with Crippen LogP contribution in [-0.4, -0.2) is 25.0 Å². The van der Waals surface area contributed by atoms with Crippen molar-refractivity contribution in [2.24, 2.45) is 0 Å². The van der Waals surface area contributed by atoms with E-state index in [1.165, 1.54) is 18.3 Å². The Morgan fingerprint density at radius 1 is 1.12 bits per heavy atom. The largest absolute Gasteiger partial charge is 0.378 e. The van der Waals surface area contributed by atoms with E-state index in [2.05, 4.69) is 5.32 Å². The standard InChI is InChI=1S/C20H17N3O2S/c1-11(24)21-18-19(25)14-7-5-4-6-13(14)17-20(18)26-16-10-12(23(2)3)8-9-15(16)22-17/h4-10H,1-3H3,(H,21,24). The molecule has 0 aromatic heterocycles. The van der Waals surface area contributed by atoms with Gasteiger partial charge in [-0.3, -0.25) is 9.59 Å². The highest BCUT2D eigenvalue weighted by Crippen LogP contribution is 2.39. The van der Waals surface area contributed by atoms with Crippen molar-refractivity contribution in [2.45, 2.75) is 6.92 Å². The Hall–Kier alpha value is -2.99. The van der Waals surface area contributed by atoms with Crippen LogP contribution in [0.1, 0.15) is 6.92 Å². The molecule has 26 heavy (non-hydrogen) atoms. The van der Waals surface area contributed by atoms with Crippen LogP contribution in [0.5, 0.6) is 0 Å². The Labute approximate surface area is 154 Å². The maximum atomic E-state index is 12.9. The normalized spacial score (nSPS) is 11.2. The van der Waals surface area contributed by atoms with Gasteiger partial charge in [0.05, 0.1) is 20.8 Å². The molecular formula is C20H17N3O2S. The van der Waals surface area contributed by atoms with Crippen molar-refractivity contribution in [2.75, 3.05) is 24.3 Å². The fourth-order valence-corrected chi connectivity index (χ4v) is 4.17. The van der Waals surface area contributed by atoms with Crippen LogP contribution < -0.4 is 15.6 Å². The van der Waals surface area contributed by atoms with Gasteiger partial charge in [0.2, 0.25) is 11.3 Å². The van der Waals surface area contributed by atoms with Gasteiger partial charge in [-0.05, 0) is 18.2 Å². The summed E-state index contributed by atoms with van der Waals surface area (Å²) in [4.78, 5) is 32.2. The lowest BCUT2D eigenvalue weighted by Crippen LogP contribution is -2.17. The molecule has 0 spiro atoms. The van der Waals surface area contributed by atoms with Gasteiger partial charge in [-0.15, -0.1) is 11.3 Å². The first kappa shape index (κ1) is 16.5. The zero-order valence-corrected chi connectivity index (χ0v) is 15.5. The summed E-state index contributed by atoms with van der Waals surface area (Å²) in [6, 6.07) is 13.4. The Balaban J connectivity index is 2.16. The number of rotatable bonds is 2. The van der Waals surface area contributed by atoms with E-state index in [1.54, 1.807) is 6.07 Å². The average molecular weight is 363 g/mol. The molecule has 0 atom stereocenters. The van der Waals surface area contributed by atoms with Gasteiger partial charge in [0.1, 0.15) is 5.69 Å². The molecule has 0 radical (unpaired) electrons. The molecule has 0 saturated heterocycles. The molecule has 2 aliphatic rings. The van der Waals surface area contributed by atoms with Crippen molar-refractivity contribution in [3.63, 3.8) is 0 Å². The summed E-state index contributed by atoms with van der Waals surface area (Å²) < 4.78 is 0.963. The van der Waals surface area contributed by atoms with Crippen molar-refractivity contribution in [1.82, 2.24) is 4.98 Å². The monoisotopic (exact) mass is 363 g/mol. The van der Waals surface area contributed by atoms with Gasteiger partial charge < -0.3 is 10.2 Å². The number of amides is 1. The molecule has 1 aliphatic carbocycles. The van der Waals surface area contributed by atoms with Crippen molar-refractivity contribution < 1.29 is 4.79 Å². The number of aromatic nitrogens is 1. The van der Waals surface area contributed by atoms with E-state index in [9.17, 15) is 9.59 Å². The van der Waals surface area contributed by atoms with E-state index >= 15 is 0 Å². The van der Waals surface area contributed by atoms with Gasteiger partial charge in [0.25, 0.3) is 0 Å². The van der Waals surface area contributed by atoms with Crippen LogP contribution in [0.4, 0.5) is 11.4 Å². The van der Waals surface area contributed by atoms with Crippen molar-refractivity contribution >= 4 is 49.6 Å². The van der Waals surface area contributed by atoms with E-state index in [4.69, 9.17) is 4.98 Å². The molecule has 0 unspecified atom stereocenters. The lowest BCUT2D eigenvalue weighted by Gasteiger charge is -2.16. The summed E-state index contributed by atoms with van der Waals surface area (Å²) in [6.07, 6.45) is 0. The first-order valence-corrected chi connectivity index (χ1v) is 9.01. The van der Waals surface area contributed by atoms with Gasteiger partial charge in [-0.1, -0.05) is 24.3 Å². The summed E-state index contributed by atoms with van der Waals surface area (Å²) in [5.74, 6) is -0.270. The fraction of sp³-hybridized carbons (Fsp3) is 0.150. The van der Waals surface area contributed by atoms with Crippen LogP contribution in [0.2, 0.25) is 0 Å². The zero-order valence-electron chi connectivity index (χ0n) is 14.7. The highest BCUT2D eigenvalue weighted by atomic mass is 32.1. The molecule has 2 aromatic carbocycles. The summed E-state index contributed by atoms with van der Waals surface area (Å²) in [5, 5.41) is 4.08. The molecule has 2 aromatic rings. The minimum Gasteiger partial charge on any atom is -0.378 e. The number of carbonyl (C=O) groups excluding carboxylic acids is 1. The van der Waals surface area contributed by atoms with Gasteiger partial charge in [0.15, 0.2) is 0 Å². The lowest BCUT2D eigenvalue weighted by molar-refractivity contribution is -0.114. The van der Waals surface area contributed by atoms with Crippen LogP contribution in [0.15, 0.2) is 47.3 Å². The summed E-state index contributed by atoms with van der Waals surface area (Å²) in [5.41, 5.74) is 2.79. The topological polar surface area (TPSA) is 62.3 Å². The van der Waals surface area contributed by atoms with Gasteiger partial charge in [-0.25, -0.2) is 4.98 Å². The van der Waals surface area contributed by atoms with Gasteiger partial charge >= 0.3 is 0 Å². The van der Waals surface area contributed by atoms with Gasteiger partial charge in [0, 0.05) is 37.5 Å². The number of fused-ring (bicyclic) bond motifs is 4. The molecule has 0 saturated carbocycles. The van der Waals surface area contributed by atoms with E-state index in [1.807, 2.05) is 55.4 Å². The molecule has 1 aliphatic heterocycles. The molecule has 0 fully saturated rings. The van der Waals surface area contributed by atoms with E-state index in [0.717, 1.165) is 27.0 Å². The third-order valence-corrected chi connectivity index (χ3v) is 5.45. The highest BCUT2D eigenvalue weighted by molar-refractivity contribution is 7.22. The van der Waals surface area contributed by atoms with Crippen LogP contribution in [0.3, 0.4) is 0 Å². The molecule has 6 heteroatoms.